The molecule has 0 unspecified atom stereocenters. The van der Waals surface area contributed by atoms with E-state index in [2.05, 4.69) is 26.6 Å². The van der Waals surface area contributed by atoms with Crippen LogP contribution in [0.5, 0.6) is 0 Å². The number of halogens is 1. The van der Waals surface area contributed by atoms with Crippen molar-refractivity contribution in [3.05, 3.63) is 39.8 Å². The Morgan fingerprint density at radius 2 is 2.06 bits per heavy atom. The first-order chi connectivity index (χ1) is 8.16. The zero-order valence-electron chi connectivity index (χ0n) is 8.70. The van der Waals surface area contributed by atoms with Gasteiger partial charge >= 0.3 is 0 Å². The molecule has 0 aliphatic carbocycles. The summed E-state index contributed by atoms with van der Waals surface area (Å²) in [6.07, 6.45) is 0. The lowest BCUT2D eigenvalue weighted by molar-refractivity contribution is -0.117. The molecular formula is C11H9BrN2O2S. The normalized spacial score (nSPS) is 17.6. The van der Waals surface area contributed by atoms with Crippen LogP contribution in [0.1, 0.15) is 0 Å². The second-order valence-corrected chi connectivity index (χ2v) is 5.08. The van der Waals surface area contributed by atoms with Gasteiger partial charge in [0.1, 0.15) is 4.48 Å². The smallest absolute Gasteiger partial charge is 0.265 e. The van der Waals surface area contributed by atoms with Crippen LogP contribution in [-0.4, -0.2) is 17.6 Å². The van der Waals surface area contributed by atoms with E-state index in [4.69, 9.17) is 0 Å². The molecule has 0 spiro atoms. The minimum atomic E-state index is -0.277. The van der Waals surface area contributed by atoms with Crippen molar-refractivity contribution >= 4 is 45.2 Å². The number of amides is 2. The van der Waals surface area contributed by atoms with E-state index in [1.807, 2.05) is 18.2 Å². The second kappa shape index (κ2) is 5.37. The number of carbonyl (C=O) groups is 2. The fraction of sp³-hybridized carbons (Fsp3) is 0.0909. The Morgan fingerprint density at radius 1 is 1.35 bits per heavy atom. The highest BCUT2D eigenvalue weighted by atomic mass is 79.9. The van der Waals surface area contributed by atoms with Crippen LogP contribution in [0.15, 0.2) is 39.8 Å². The monoisotopic (exact) mass is 312 g/mol. The Balaban J connectivity index is 2.08. The number of hydrogen-bond acceptors (Lipinski definition) is 3. The first-order valence-corrected chi connectivity index (χ1v) is 6.63. The SMILES string of the molecule is O=C1CS/C(=C(/Br)C(=O)Nc2ccccc2)N1. The number of para-hydroxylation sites is 1. The predicted molar refractivity (Wildman–Crippen MR) is 71.6 cm³/mol. The molecule has 0 radical (unpaired) electrons. The molecule has 0 aromatic heterocycles. The number of hydrogen-bond donors (Lipinski definition) is 2. The average Bonchev–Trinajstić information content (AvgIpc) is 2.76. The molecule has 1 aliphatic rings. The Hall–Kier alpha value is -1.27. The van der Waals surface area contributed by atoms with Crippen LogP contribution in [0.3, 0.4) is 0 Å². The van der Waals surface area contributed by atoms with E-state index in [-0.39, 0.29) is 11.8 Å². The lowest BCUT2D eigenvalue weighted by Gasteiger charge is -2.05. The van der Waals surface area contributed by atoms with Crippen LogP contribution in [0.4, 0.5) is 5.69 Å². The van der Waals surface area contributed by atoms with Gasteiger partial charge in [-0.2, -0.15) is 0 Å². The maximum absolute atomic E-state index is 11.8. The fourth-order valence-corrected chi connectivity index (χ4v) is 2.56. The molecule has 0 saturated carbocycles. The quantitative estimate of drug-likeness (QED) is 0.822. The number of rotatable bonds is 2. The first-order valence-electron chi connectivity index (χ1n) is 4.85. The van der Waals surface area contributed by atoms with Crippen molar-refractivity contribution in [2.24, 2.45) is 0 Å². The molecule has 1 fully saturated rings. The number of nitrogens with one attached hydrogen (secondary N) is 2. The molecule has 88 valence electrons. The van der Waals surface area contributed by atoms with E-state index in [1.165, 1.54) is 11.8 Å². The van der Waals surface area contributed by atoms with Crippen LogP contribution >= 0.6 is 27.7 Å². The number of thioether (sulfide) groups is 1. The zero-order valence-corrected chi connectivity index (χ0v) is 11.1. The van der Waals surface area contributed by atoms with E-state index in [0.29, 0.717) is 21.0 Å². The third kappa shape index (κ3) is 3.10. The predicted octanol–water partition coefficient (Wildman–Crippen LogP) is 2.05. The third-order valence-electron chi connectivity index (χ3n) is 2.03. The Morgan fingerprint density at radius 3 is 2.65 bits per heavy atom. The van der Waals surface area contributed by atoms with Crippen molar-refractivity contribution < 1.29 is 9.59 Å². The highest BCUT2D eigenvalue weighted by Gasteiger charge is 2.21. The minimum absolute atomic E-state index is 0.0885. The highest BCUT2D eigenvalue weighted by molar-refractivity contribution is 9.12. The van der Waals surface area contributed by atoms with E-state index in [9.17, 15) is 9.59 Å². The summed E-state index contributed by atoms with van der Waals surface area (Å²) in [6, 6.07) is 9.13. The Bertz CT molecular complexity index is 488. The van der Waals surface area contributed by atoms with Gasteiger partial charge in [-0.05, 0) is 28.1 Å². The largest absolute Gasteiger partial charge is 0.321 e. The topological polar surface area (TPSA) is 58.2 Å². The maximum atomic E-state index is 11.8. The number of anilines is 1. The van der Waals surface area contributed by atoms with E-state index >= 15 is 0 Å². The molecule has 2 amide bonds. The van der Waals surface area contributed by atoms with Gasteiger partial charge in [0.2, 0.25) is 5.91 Å². The zero-order chi connectivity index (χ0) is 12.3. The molecule has 0 bridgehead atoms. The Labute approximate surface area is 111 Å². The molecule has 1 aliphatic heterocycles. The molecule has 17 heavy (non-hydrogen) atoms. The van der Waals surface area contributed by atoms with Crippen molar-refractivity contribution in [3.8, 4) is 0 Å². The lowest BCUT2D eigenvalue weighted by Crippen LogP contribution is -2.18. The molecule has 0 atom stereocenters. The van der Waals surface area contributed by atoms with Gasteiger partial charge in [0, 0.05) is 5.69 Å². The van der Waals surface area contributed by atoms with Gasteiger partial charge in [-0.1, -0.05) is 30.0 Å². The molecule has 4 nitrogen and oxygen atoms in total. The number of carbonyl (C=O) groups excluding carboxylic acids is 2. The summed E-state index contributed by atoms with van der Waals surface area (Å²) in [4.78, 5) is 22.8. The van der Waals surface area contributed by atoms with Gasteiger partial charge in [-0.15, -0.1) is 0 Å². The third-order valence-corrected chi connectivity index (χ3v) is 4.05. The minimum Gasteiger partial charge on any atom is -0.321 e. The Kier molecular flexibility index (Phi) is 3.86. The van der Waals surface area contributed by atoms with Crippen molar-refractivity contribution in [2.75, 3.05) is 11.1 Å². The van der Waals surface area contributed by atoms with Gasteiger partial charge in [-0.3, -0.25) is 9.59 Å². The second-order valence-electron chi connectivity index (χ2n) is 3.30. The van der Waals surface area contributed by atoms with E-state index in [0.717, 1.165) is 0 Å². The van der Waals surface area contributed by atoms with Crippen molar-refractivity contribution in [1.82, 2.24) is 5.32 Å². The van der Waals surface area contributed by atoms with Gasteiger partial charge in [0.15, 0.2) is 0 Å². The summed E-state index contributed by atoms with van der Waals surface area (Å²) >= 11 is 4.50. The molecular weight excluding hydrogens is 304 g/mol. The first kappa shape index (κ1) is 12.2. The summed E-state index contributed by atoms with van der Waals surface area (Å²) in [7, 11) is 0. The van der Waals surface area contributed by atoms with E-state index < -0.39 is 0 Å². The summed E-state index contributed by atoms with van der Waals surface area (Å²) in [5.41, 5.74) is 0.712. The lowest BCUT2D eigenvalue weighted by atomic mass is 10.3. The van der Waals surface area contributed by atoms with Crippen LogP contribution in [-0.2, 0) is 9.59 Å². The molecule has 1 aromatic carbocycles. The van der Waals surface area contributed by atoms with E-state index in [1.54, 1.807) is 12.1 Å². The van der Waals surface area contributed by atoms with Crippen LogP contribution < -0.4 is 10.6 Å². The van der Waals surface area contributed by atoms with Gasteiger partial charge in [0.05, 0.1) is 10.8 Å². The van der Waals surface area contributed by atoms with Gasteiger partial charge in [0.25, 0.3) is 5.91 Å². The van der Waals surface area contributed by atoms with Crippen LogP contribution in [0.2, 0.25) is 0 Å². The molecule has 1 saturated heterocycles. The molecule has 1 heterocycles. The van der Waals surface area contributed by atoms with Crippen LogP contribution in [0, 0.1) is 0 Å². The summed E-state index contributed by atoms with van der Waals surface area (Å²) in [5.74, 6) is -0.0152. The van der Waals surface area contributed by atoms with Crippen molar-refractivity contribution in [2.45, 2.75) is 0 Å². The van der Waals surface area contributed by atoms with Gasteiger partial charge in [-0.25, -0.2) is 0 Å². The molecule has 6 heteroatoms. The molecule has 2 N–H and O–H groups in total. The van der Waals surface area contributed by atoms with Gasteiger partial charge < -0.3 is 10.6 Å². The molecule has 1 aromatic rings. The fourth-order valence-electron chi connectivity index (χ4n) is 1.27. The summed E-state index contributed by atoms with van der Waals surface area (Å²) in [6.45, 7) is 0. The molecule has 2 rings (SSSR count). The maximum Gasteiger partial charge on any atom is 0.265 e. The summed E-state index contributed by atoms with van der Waals surface area (Å²) in [5, 5.41) is 5.90. The standard InChI is InChI=1S/C11H9BrN2O2S/c12-9(11-14-8(15)6-17-11)10(16)13-7-4-2-1-3-5-7/h1-5H,6H2,(H,13,16)(H,14,15)/b11-9+. The van der Waals surface area contributed by atoms with Crippen molar-refractivity contribution in [3.63, 3.8) is 0 Å². The van der Waals surface area contributed by atoms with Crippen molar-refractivity contribution in [1.29, 1.82) is 0 Å². The highest BCUT2D eigenvalue weighted by Crippen LogP contribution is 2.26. The van der Waals surface area contributed by atoms with Crippen LogP contribution in [0.25, 0.3) is 0 Å². The average molecular weight is 313 g/mol. The summed E-state index contributed by atoms with van der Waals surface area (Å²) < 4.78 is 0.345. The number of benzene rings is 1.